The van der Waals surface area contributed by atoms with Crippen molar-refractivity contribution in [3.8, 4) is 44.5 Å². The lowest BCUT2D eigenvalue weighted by Crippen LogP contribution is -1.93. The summed E-state index contributed by atoms with van der Waals surface area (Å²) in [5.41, 5.74) is 0.534. The van der Waals surface area contributed by atoms with Crippen molar-refractivity contribution in [1.82, 2.24) is 0 Å². The molecule has 0 saturated heterocycles. The van der Waals surface area contributed by atoms with Gasteiger partial charge < -0.3 is 4.42 Å². The summed E-state index contributed by atoms with van der Waals surface area (Å²) in [6.45, 7) is 0. The van der Waals surface area contributed by atoms with Gasteiger partial charge in [0.15, 0.2) is 0 Å². The fourth-order valence-corrected chi connectivity index (χ4v) is 6.21. The van der Waals surface area contributed by atoms with E-state index in [1.54, 1.807) is 60.7 Å². The third-order valence-electron chi connectivity index (χ3n) is 8.02. The van der Waals surface area contributed by atoms with Crippen LogP contribution < -0.4 is 0 Å². The van der Waals surface area contributed by atoms with Crippen molar-refractivity contribution in [2.75, 3.05) is 0 Å². The van der Waals surface area contributed by atoms with E-state index >= 15 is 0 Å². The number of furan rings is 1. The molecule has 0 radical (unpaired) electrons. The standard InChI is InChI=1S/C44H28O/c1-3-15-29(16-4-1)31-19-7-8-20-33(31)41-34-21-9-11-23-36(34)42(37-24-12-10-22-35(37)41)38-26-14-28-40-43(38)39-27-13-25-32(44(39)45-40)30-17-5-2-6-18-30/h1-28H/i1D,2D,3D,4D,5D,6D,13D,14D,15D,16D,17D,18D,25D,26D,27D,28D. The molecule has 0 aliphatic rings. The van der Waals surface area contributed by atoms with Gasteiger partial charge in [-0.15, -0.1) is 0 Å². The highest BCUT2D eigenvalue weighted by molar-refractivity contribution is 6.26. The van der Waals surface area contributed by atoms with Crippen LogP contribution in [0.1, 0.15) is 21.9 Å². The molecule has 45 heavy (non-hydrogen) atoms. The van der Waals surface area contributed by atoms with Crippen LogP contribution in [0.15, 0.2) is 174 Å². The van der Waals surface area contributed by atoms with E-state index in [9.17, 15) is 2.74 Å². The lowest BCUT2D eigenvalue weighted by atomic mass is 9.83. The van der Waals surface area contributed by atoms with E-state index in [4.69, 9.17) is 23.6 Å². The van der Waals surface area contributed by atoms with Gasteiger partial charge in [0, 0.05) is 16.3 Å². The second-order valence-electron chi connectivity index (χ2n) is 10.4. The van der Waals surface area contributed by atoms with Gasteiger partial charge in [0.05, 0.1) is 21.9 Å². The zero-order chi connectivity index (χ0) is 43.7. The molecule has 0 amide bonds. The van der Waals surface area contributed by atoms with Crippen molar-refractivity contribution in [1.29, 1.82) is 0 Å². The van der Waals surface area contributed by atoms with Gasteiger partial charge in [0.2, 0.25) is 0 Å². The fourth-order valence-electron chi connectivity index (χ4n) is 6.21. The molecule has 0 bridgehead atoms. The van der Waals surface area contributed by atoms with E-state index in [1.165, 1.54) is 0 Å². The zero-order valence-corrected chi connectivity index (χ0v) is 23.3. The summed E-state index contributed by atoms with van der Waals surface area (Å²) in [5.74, 6) is 0. The first-order valence-corrected chi connectivity index (χ1v) is 14.1. The van der Waals surface area contributed by atoms with Crippen LogP contribution in [0.2, 0.25) is 0 Å². The summed E-state index contributed by atoms with van der Waals surface area (Å²) in [6.07, 6.45) is 0. The maximum absolute atomic E-state index is 9.50. The Labute approximate surface area is 284 Å². The topological polar surface area (TPSA) is 13.1 Å². The van der Waals surface area contributed by atoms with Crippen molar-refractivity contribution in [3.63, 3.8) is 0 Å². The lowest BCUT2D eigenvalue weighted by molar-refractivity contribution is 0.670. The molecule has 1 nitrogen and oxygen atoms in total. The third-order valence-corrected chi connectivity index (χ3v) is 8.02. The lowest BCUT2D eigenvalue weighted by Gasteiger charge is -2.20. The minimum Gasteiger partial charge on any atom is -0.455 e. The molecule has 8 aromatic carbocycles. The van der Waals surface area contributed by atoms with Gasteiger partial charge in [0.1, 0.15) is 11.2 Å². The maximum atomic E-state index is 9.50. The van der Waals surface area contributed by atoms with Crippen molar-refractivity contribution in [2.45, 2.75) is 0 Å². The molecule has 0 N–H and O–H groups in total. The van der Waals surface area contributed by atoms with Gasteiger partial charge in [-0.2, -0.15) is 0 Å². The van der Waals surface area contributed by atoms with E-state index in [-0.39, 0.29) is 50.7 Å². The monoisotopic (exact) mass is 588 g/mol. The predicted octanol–water partition coefficient (Wildman–Crippen LogP) is 12.6. The molecular weight excluding hydrogens is 544 g/mol. The van der Waals surface area contributed by atoms with Crippen LogP contribution in [0.4, 0.5) is 0 Å². The molecule has 210 valence electrons. The summed E-state index contributed by atoms with van der Waals surface area (Å²) in [6, 6.07) is 12.3. The molecule has 1 heteroatoms. The number of rotatable bonds is 4. The van der Waals surface area contributed by atoms with E-state index in [1.807, 2.05) is 12.1 Å². The van der Waals surface area contributed by atoms with Crippen molar-refractivity contribution >= 4 is 43.5 Å². The van der Waals surface area contributed by atoms with Crippen LogP contribution in [0.5, 0.6) is 0 Å². The molecule has 0 unspecified atom stereocenters. The Hall–Kier alpha value is -5.92. The van der Waals surface area contributed by atoms with E-state index in [0.717, 1.165) is 0 Å². The molecule has 9 rings (SSSR count). The van der Waals surface area contributed by atoms with Gasteiger partial charge in [-0.25, -0.2) is 0 Å². The average Bonchev–Trinajstić information content (AvgIpc) is 3.66. The van der Waals surface area contributed by atoms with Crippen LogP contribution in [0, 0.1) is 0 Å². The van der Waals surface area contributed by atoms with Crippen LogP contribution in [0.25, 0.3) is 88.0 Å². The van der Waals surface area contributed by atoms with Crippen LogP contribution in [-0.2, 0) is 0 Å². The number of benzene rings is 8. The number of fused-ring (bicyclic) bond motifs is 5. The molecule has 1 heterocycles. The van der Waals surface area contributed by atoms with Gasteiger partial charge in [0.25, 0.3) is 0 Å². The first kappa shape index (κ1) is 14.2. The summed E-state index contributed by atoms with van der Waals surface area (Å²) in [7, 11) is 0. The van der Waals surface area contributed by atoms with E-state index < -0.39 is 90.2 Å². The first-order chi connectivity index (χ1) is 29.0. The predicted molar refractivity (Wildman–Crippen MR) is 190 cm³/mol. The number of hydrogen-bond donors (Lipinski definition) is 0. The molecule has 0 fully saturated rings. The normalized spacial score (nSPS) is 16.5. The highest BCUT2D eigenvalue weighted by Crippen LogP contribution is 2.48. The SMILES string of the molecule is [2H]c1c([2H])c([2H])c(-c2ccccc2-c2c3ccccc3c(-c3c([2H])c([2H])c([2H])c4oc5c(-c6c([2H])c([2H])c([2H])c([2H])c6[2H])c([2H])c([2H])c([2H])c5c34)c3ccccc23)c([2H])c1[2H]. The summed E-state index contributed by atoms with van der Waals surface area (Å²) in [4.78, 5) is 0. The Kier molecular flexibility index (Phi) is 3.28. The first-order valence-electron chi connectivity index (χ1n) is 22.1. The van der Waals surface area contributed by atoms with E-state index in [0.29, 0.717) is 43.8 Å². The molecule has 1 aromatic heterocycles. The van der Waals surface area contributed by atoms with Crippen LogP contribution >= 0.6 is 0 Å². The number of hydrogen-bond acceptors (Lipinski definition) is 1. The van der Waals surface area contributed by atoms with Crippen molar-refractivity contribution < 1.29 is 26.3 Å². The Morgan fingerprint density at radius 1 is 0.378 bits per heavy atom. The zero-order valence-electron chi connectivity index (χ0n) is 39.3. The Bertz CT molecular complexity index is 3330. The quantitative estimate of drug-likeness (QED) is 0.186. The number of para-hydroxylation sites is 1. The second kappa shape index (κ2) is 10.4. The molecule has 0 spiro atoms. The minimum absolute atomic E-state index is 0.00148. The molecule has 9 aromatic rings. The second-order valence-corrected chi connectivity index (χ2v) is 10.4. The maximum Gasteiger partial charge on any atom is 0.143 e. The van der Waals surface area contributed by atoms with Crippen molar-refractivity contribution in [3.05, 3.63) is 169 Å². The van der Waals surface area contributed by atoms with Gasteiger partial charge in [-0.3, -0.25) is 0 Å². The average molecular weight is 589 g/mol. The van der Waals surface area contributed by atoms with Gasteiger partial charge >= 0.3 is 0 Å². The largest absolute Gasteiger partial charge is 0.455 e. The third kappa shape index (κ3) is 4.02. The van der Waals surface area contributed by atoms with Crippen LogP contribution in [0.3, 0.4) is 0 Å². The molecular formula is C44H28O. The summed E-state index contributed by atoms with van der Waals surface area (Å²) >= 11 is 0. The molecule has 0 aliphatic heterocycles. The minimum atomic E-state index is -0.698. The summed E-state index contributed by atoms with van der Waals surface area (Å²) < 4.78 is 146. The molecule has 0 aliphatic carbocycles. The van der Waals surface area contributed by atoms with Gasteiger partial charge in [-0.1, -0.05) is 163 Å². The summed E-state index contributed by atoms with van der Waals surface area (Å²) in [5, 5.41) is 2.06. The fraction of sp³-hybridized carbons (Fsp3) is 0. The van der Waals surface area contributed by atoms with E-state index in [2.05, 4.69) is 0 Å². The highest BCUT2D eigenvalue weighted by Gasteiger charge is 2.22. The van der Waals surface area contributed by atoms with Crippen molar-refractivity contribution in [2.24, 2.45) is 0 Å². The Morgan fingerprint density at radius 3 is 1.49 bits per heavy atom. The molecule has 0 saturated carbocycles. The van der Waals surface area contributed by atoms with Gasteiger partial charge in [-0.05, 0) is 66.5 Å². The Balaban J connectivity index is 1.48. The smallest absolute Gasteiger partial charge is 0.143 e. The molecule has 0 atom stereocenters. The highest BCUT2D eigenvalue weighted by atomic mass is 16.3. The Morgan fingerprint density at radius 2 is 0.867 bits per heavy atom. The van der Waals surface area contributed by atoms with Crippen LogP contribution in [-0.4, -0.2) is 0 Å².